The number of methoxy groups -OCH3 is 2. The summed E-state index contributed by atoms with van der Waals surface area (Å²) in [5, 5.41) is 3.99. The Morgan fingerprint density at radius 1 is 1.30 bits per heavy atom. The minimum Gasteiger partial charge on any atom is -0.497 e. The number of nitrogens with one attached hydrogen (secondary N) is 1. The molecule has 23 heavy (non-hydrogen) atoms. The van der Waals surface area contributed by atoms with Crippen molar-refractivity contribution in [2.75, 3.05) is 14.2 Å². The Kier molecular flexibility index (Phi) is 5.27. The highest BCUT2D eigenvalue weighted by atomic mass is 32.2. The van der Waals surface area contributed by atoms with Gasteiger partial charge in [0.1, 0.15) is 16.4 Å². The number of hydrogen-bond acceptors (Lipinski definition) is 5. The van der Waals surface area contributed by atoms with Crippen molar-refractivity contribution in [3.63, 3.8) is 0 Å². The zero-order valence-corrected chi connectivity index (χ0v) is 14.4. The Bertz CT molecular complexity index is 771. The van der Waals surface area contributed by atoms with Gasteiger partial charge in [0.15, 0.2) is 0 Å². The van der Waals surface area contributed by atoms with Crippen LogP contribution in [0, 0.1) is 0 Å². The fraction of sp³-hybridized carbons (Fsp3) is 0.400. The van der Waals surface area contributed by atoms with Gasteiger partial charge in [0.25, 0.3) is 0 Å². The molecule has 0 radical (unpaired) electrons. The molecule has 1 atom stereocenters. The average Bonchev–Trinajstić information content (AvgIpc) is 3.03. The third kappa shape index (κ3) is 3.83. The summed E-state index contributed by atoms with van der Waals surface area (Å²) in [6.07, 6.45) is 2.83. The van der Waals surface area contributed by atoms with E-state index in [1.807, 2.05) is 6.92 Å². The van der Waals surface area contributed by atoms with Crippen LogP contribution in [0.2, 0.25) is 0 Å². The summed E-state index contributed by atoms with van der Waals surface area (Å²) in [5.74, 6) is 1.22. The third-order valence-electron chi connectivity index (χ3n) is 3.48. The predicted molar refractivity (Wildman–Crippen MR) is 86.2 cm³/mol. The number of aromatic nitrogens is 2. The van der Waals surface area contributed by atoms with E-state index in [9.17, 15) is 8.42 Å². The second-order valence-electron chi connectivity index (χ2n) is 4.98. The first-order valence-corrected chi connectivity index (χ1v) is 8.66. The van der Waals surface area contributed by atoms with E-state index < -0.39 is 16.1 Å². The van der Waals surface area contributed by atoms with E-state index in [0.717, 1.165) is 0 Å². The molecule has 0 bridgehead atoms. The fourth-order valence-electron chi connectivity index (χ4n) is 2.20. The molecule has 0 saturated heterocycles. The highest BCUT2D eigenvalue weighted by molar-refractivity contribution is 7.89. The molecule has 0 unspecified atom stereocenters. The maximum absolute atomic E-state index is 12.5. The molecule has 0 aliphatic rings. The van der Waals surface area contributed by atoms with E-state index in [1.54, 1.807) is 36.9 Å². The SMILES string of the molecule is CCn1cc(S(=O)(=O)N[C@H](C)c2cc(OC)ccc2OC)cn1. The van der Waals surface area contributed by atoms with Crippen LogP contribution in [0.4, 0.5) is 0 Å². The smallest absolute Gasteiger partial charge is 0.244 e. The maximum atomic E-state index is 12.5. The lowest BCUT2D eigenvalue weighted by atomic mass is 10.1. The van der Waals surface area contributed by atoms with Crippen molar-refractivity contribution in [2.45, 2.75) is 31.3 Å². The first-order valence-electron chi connectivity index (χ1n) is 7.18. The fourth-order valence-corrected chi connectivity index (χ4v) is 3.37. The highest BCUT2D eigenvalue weighted by Crippen LogP contribution is 2.30. The van der Waals surface area contributed by atoms with Crippen LogP contribution in [0.1, 0.15) is 25.5 Å². The number of hydrogen-bond donors (Lipinski definition) is 1. The van der Waals surface area contributed by atoms with Crippen molar-refractivity contribution >= 4 is 10.0 Å². The summed E-state index contributed by atoms with van der Waals surface area (Å²) in [4.78, 5) is 0.132. The van der Waals surface area contributed by atoms with E-state index in [0.29, 0.717) is 23.6 Å². The van der Waals surface area contributed by atoms with Crippen molar-refractivity contribution in [3.8, 4) is 11.5 Å². The lowest BCUT2D eigenvalue weighted by Gasteiger charge is -2.17. The largest absolute Gasteiger partial charge is 0.497 e. The normalized spacial score (nSPS) is 12.9. The van der Waals surface area contributed by atoms with E-state index in [4.69, 9.17) is 9.47 Å². The summed E-state index contributed by atoms with van der Waals surface area (Å²) in [6, 6.07) is 4.76. The molecule has 0 amide bonds. The Morgan fingerprint density at radius 3 is 2.61 bits per heavy atom. The van der Waals surface area contributed by atoms with Crippen LogP contribution in [0.15, 0.2) is 35.5 Å². The molecular formula is C15H21N3O4S. The number of rotatable bonds is 7. The van der Waals surface area contributed by atoms with Crippen LogP contribution in [-0.4, -0.2) is 32.4 Å². The molecule has 0 saturated carbocycles. The predicted octanol–water partition coefficient (Wildman–Crippen LogP) is 1.96. The zero-order valence-electron chi connectivity index (χ0n) is 13.6. The molecule has 1 heterocycles. The third-order valence-corrected chi connectivity index (χ3v) is 4.97. The lowest BCUT2D eigenvalue weighted by Crippen LogP contribution is -2.27. The molecule has 2 aromatic rings. The van der Waals surface area contributed by atoms with Gasteiger partial charge in [0.2, 0.25) is 10.0 Å². The molecular weight excluding hydrogens is 318 g/mol. The number of ether oxygens (including phenoxy) is 2. The van der Waals surface area contributed by atoms with Gasteiger partial charge < -0.3 is 9.47 Å². The molecule has 8 heteroatoms. The minimum absolute atomic E-state index is 0.132. The van der Waals surface area contributed by atoms with Crippen LogP contribution in [-0.2, 0) is 16.6 Å². The van der Waals surface area contributed by atoms with Gasteiger partial charge in [0, 0.05) is 24.3 Å². The highest BCUT2D eigenvalue weighted by Gasteiger charge is 2.22. The summed E-state index contributed by atoms with van der Waals surface area (Å²) in [6.45, 7) is 4.24. The number of sulfonamides is 1. The molecule has 126 valence electrons. The van der Waals surface area contributed by atoms with Gasteiger partial charge >= 0.3 is 0 Å². The summed E-state index contributed by atoms with van der Waals surface area (Å²) >= 11 is 0. The van der Waals surface area contributed by atoms with Crippen molar-refractivity contribution in [3.05, 3.63) is 36.2 Å². The van der Waals surface area contributed by atoms with Crippen molar-refractivity contribution < 1.29 is 17.9 Å². The Balaban J connectivity index is 2.28. The van der Waals surface area contributed by atoms with Crippen LogP contribution in [0.3, 0.4) is 0 Å². The molecule has 0 fully saturated rings. The number of nitrogens with zero attached hydrogens (tertiary/aromatic N) is 2. The van der Waals surface area contributed by atoms with Crippen LogP contribution in [0.25, 0.3) is 0 Å². The molecule has 1 aromatic heterocycles. The summed E-state index contributed by atoms with van der Waals surface area (Å²) in [7, 11) is -0.577. The lowest BCUT2D eigenvalue weighted by molar-refractivity contribution is 0.395. The summed E-state index contributed by atoms with van der Waals surface area (Å²) < 4.78 is 39.6. The first kappa shape index (κ1) is 17.3. The summed E-state index contributed by atoms with van der Waals surface area (Å²) in [5.41, 5.74) is 0.693. The standard InChI is InChI=1S/C15H21N3O4S/c1-5-18-10-13(9-16-18)23(19,20)17-11(2)14-8-12(21-3)6-7-15(14)22-4/h6-11,17H,5H2,1-4H3/t11-/m1/s1. The molecule has 1 N–H and O–H groups in total. The quantitative estimate of drug-likeness (QED) is 0.834. The van der Waals surface area contributed by atoms with Gasteiger partial charge in [-0.15, -0.1) is 0 Å². The van der Waals surface area contributed by atoms with Crippen LogP contribution >= 0.6 is 0 Å². The van der Waals surface area contributed by atoms with Crippen molar-refractivity contribution in [1.82, 2.24) is 14.5 Å². The van der Waals surface area contributed by atoms with Crippen molar-refractivity contribution in [1.29, 1.82) is 0 Å². The van der Waals surface area contributed by atoms with Gasteiger partial charge in [-0.2, -0.15) is 5.10 Å². The first-order chi connectivity index (χ1) is 10.9. The molecule has 7 nitrogen and oxygen atoms in total. The van der Waals surface area contributed by atoms with Gasteiger partial charge in [-0.3, -0.25) is 4.68 Å². The monoisotopic (exact) mass is 339 g/mol. The topological polar surface area (TPSA) is 82.5 Å². The maximum Gasteiger partial charge on any atom is 0.244 e. The van der Waals surface area contributed by atoms with Gasteiger partial charge in [-0.1, -0.05) is 0 Å². The molecule has 0 aliphatic carbocycles. The molecule has 2 rings (SSSR count). The van der Waals surface area contributed by atoms with Gasteiger partial charge in [-0.05, 0) is 32.0 Å². The number of benzene rings is 1. The van der Waals surface area contributed by atoms with Gasteiger partial charge in [-0.25, -0.2) is 13.1 Å². The molecule has 1 aromatic carbocycles. The second-order valence-corrected chi connectivity index (χ2v) is 6.70. The van der Waals surface area contributed by atoms with E-state index in [-0.39, 0.29) is 4.90 Å². The molecule has 0 spiro atoms. The Labute approximate surface area is 136 Å². The van der Waals surface area contributed by atoms with E-state index in [2.05, 4.69) is 9.82 Å². The Hall–Kier alpha value is -2.06. The van der Waals surface area contributed by atoms with E-state index >= 15 is 0 Å². The van der Waals surface area contributed by atoms with Crippen LogP contribution < -0.4 is 14.2 Å². The van der Waals surface area contributed by atoms with Crippen molar-refractivity contribution in [2.24, 2.45) is 0 Å². The zero-order chi connectivity index (χ0) is 17.0. The van der Waals surface area contributed by atoms with Crippen LogP contribution in [0.5, 0.6) is 11.5 Å². The second kappa shape index (κ2) is 7.01. The molecule has 0 aliphatic heterocycles. The van der Waals surface area contributed by atoms with E-state index in [1.165, 1.54) is 19.5 Å². The minimum atomic E-state index is -3.67. The number of aryl methyl sites for hydroxylation is 1. The average molecular weight is 339 g/mol. The Morgan fingerprint density at radius 2 is 2.04 bits per heavy atom. The van der Waals surface area contributed by atoms with Gasteiger partial charge in [0.05, 0.1) is 20.4 Å².